The third kappa shape index (κ3) is 4.37. The van der Waals surface area contributed by atoms with Crippen LogP contribution in [-0.4, -0.2) is 15.0 Å². The van der Waals surface area contributed by atoms with Gasteiger partial charge in [0, 0.05) is 5.92 Å². The largest absolute Gasteiger partial charge is 0.250 e. The van der Waals surface area contributed by atoms with Crippen molar-refractivity contribution >= 4 is 69.6 Å². The third-order valence-corrected chi connectivity index (χ3v) is 4.14. The second-order valence-corrected chi connectivity index (χ2v) is 9.23. The fourth-order valence-electron chi connectivity index (χ4n) is 2.19. The van der Waals surface area contributed by atoms with Gasteiger partial charge in [-0.15, -0.1) is 0 Å². The molecular formula is C11H11Cl6N3. The molecule has 0 bridgehead atoms. The zero-order valence-electron chi connectivity index (χ0n) is 10.2. The number of halogens is 6. The molecule has 0 unspecified atom stereocenters. The highest BCUT2D eigenvalue weighted by Gasteiger charge is 2.35. The SMILES string of the molecule is ClC(Cl)(Cl)c1nc(C2CCCCC2)nc(C(Cl)(Cl)Cl)n1. The maximum Gasteiger partial charge on any atom is 0.250 e. The molecule has 1 aromatic heterocycles. The van der Waals surface area contributed by atoms with Crippen molar-refractivity contribution in [2.24, 2.45) is 0 Å². The van der Waals surface area contributed by atoms with Crippen LogP contribution in [0.15, 0.2) is 0 Å². The van der Waals surface area contributed by atoms with Crippen molar-refractivity contribution < 1.29 is 0 Å². The lowest BCUT2D eigenvalue weighted by Crippen LogP contribution is -2.20. The van der Waals surface area contributed by atoms with Crippen LogP contribution in [0.3, 0.4) is 0 Å². The molecule has 0 saturated heterocycles. The predicted octanol–water partition coefficient (Wildman–Crippen LogP) is 5.57. The summed E-state index contributed by atoms with van der Waals surface area (Å²) >= 11 is 35.0. The summed E-state index contributed by atoms with van der Waals surface area (Å²) in [7, 11) is 0. The molecule has 1 fully saturated rings. The van der Waals surface area contributed by atoms with Crippen LogP contribution in [0, 0.1) is 0 Å². The zero-order chi connectivity index (χ0) is 15.0. The van der Waals surface area contributed by atoms with Gasteiger partial charge in [0.25, 0.3) is 0 Å². The van der Waals surface area contributed by atoms with E-state index in [0.717, 1.165) is 25.7 Å². The first kappa shape index (κ1) is 17.1. The molecule has 0 aromatic carbocycles. The van der Waals surface area contributed by atoms with Gasteiger partial charge in [-0.3, -0.25) is 0 Å². The Bertz CT molecular complexity index is 444. The third-order valence-electron chi connectivity index (χ3n) is 3.13. The number of hydrogen-bond donors (Lipinski definition) is 0. The summed E-state index contributed by atoms with van der Waals surface area (Å²) in [5.41, 5.74) is 0. The van der Waals surface area contributed by atoms with Gasteiger partial charge < -0.3 is 0 Å². The van der Waals surface area contributed by atoms with Gasteiger partial charge in [0.05, 0.1) is 0 Å². The second-order valence-electron chi connectivity index (χ2n) is 4.67. The number of alkyl halides is 6. The molecule has 0 N–H and O–H groups in total. The Hall–Kier alpha value is 0.750. The van der Waals surface area contributed by atoms with Crippen LogP contribution in [0.1, 0.15) is 55.5 Å². The van der Waals surface area contributed by atoms with Gasteiger partial charge >= 0.3 is 0 Å². The second kappa shape index (κ2) is 6.47. The normalized spacial score (nSPS) is 18.3. The van der Waals surface area contributed by atoms with E-state index < -0.39 is 7.59 Å². The van der Waals surface area contributed by atoms with Crippen molar-refractivity contribution in [1.82, 2.24) is 15.0 Å². The van der Waals surface area contributed by atoms with E-state index in [4.69, 9.17) is 69.6 Å². The van der Waals surface area contributed by atoms with Crippen molar-refractivity contribution in [3.05, 3.63) is 17.5 Å². The van der Waals surface area contributed by atoms with Crippen LogP contribution in [0.4, 0.5) is 0 Å². The van der Waals surface area contributed by atoms with Gasteiger partial charge in [-0.2, -0.15) is 0 Å². The van der Waals surface area contributed by atoms with Crippen LogP contribution in [-0.2, 0) is 7.59 Å². The molecular weight excluding hydrogens is 387 g/mol. The van der Waals surface area contributed by atoms with Gasteiger partial charge in [-0.25, -0.2) is 15.0 Å². The quantitative estimate of drug-likeness (QED) is 0.581. The first-order chi connectivity index (χ1) is 9.18. The monoisotopic (exact) mass is 395 g/mol. The molecule has 3 nitrogen and oxygen atoms in total. The molecule has 2 rings (SSSR count). The summed E-state index contributed by atoms with van der Waals surface area (Å²) in [6.45, 7) is 0. The first-order valence-electron chi connectivity index (χ1n) is 6.08. The van der Waals surface area contributed by atoms with Gasteiger partial charge in [-0.1, -0.05) is 88.9 Å². The topological polar surface area (TPSA) is 38.7 Å². The van der Waals surface area contributed by atoms with Gasteiger partial charge in [-0.05, 0) is 12.8 Å². The van der Waals surface area contributed by atoms with E-state index in [0.29, 0.717) is 5.82 Å². The van der Waals surface area contributed by atoms with E-state index in [2.05, 4.69) is 15.0 Å². The number of aromatic nitrogens is 3. The van der Waals surface area contributed by atoms with Crippen LogP contribution < -0.4 is 0 Å². The molecule has 1 heterocycles. The Morgan fingerprint density at radius 2 is 1.15 bits per heavy atom. The fraction of sp³-hybridized carbons (Fsp3) is 0.727. The summed E-state index contributed by atoms with van der Waals surface area (Å²) in [5, 5.41) is 0. The van der Waals surface area contributed by atoms with Crippen molar-refractivity contribution in [3.8, 4) is 0 Å². The molecule has 20 heavy (non-hydrogen) atoms. The van der Waals surface area contributed by atoms with Crippen molar-refractivity contribution in [1.29, 1.82) is 0 Å². The molecule has 112 valence electrons. The number of nitrogens with zero attached hydrogens (tertiary/aromatic N) is 3. The summed E-state index contributed by atoms with van der Waals surface area (Å²) in [4.78, 5) is 12.5. The zero-order valence-corrected chi connectivity index (χ0v) is 14.8. The van der Waals surface area contributed by atoms with Gasteiger partial charge in [0.1, 0.15) is 5.82 Å². The fourth-order valence-corrected chi connectivity index (χ4v) is 2.70. The molecule has 9 heteroatoms. The van der Waals surface area contributed by atoms with Crippen LogP contribution >= 0.6 is 69.6 Å². The van der Waals surface area contributed by atoms with Crippen LogP contribution in [0.5, 0.6) is 0 Å². The maximum absolute atomic E-state index is 5.84. The lowest BCUT2D eigenvalue weighted by atomic mass is 9.89. The van der Waals surface area contributed by atoms with Crippen molar-refractivity contribution in [2.45, 2.75) is 45.6 Å². The maximum atomic E-state index is 5.84. The molecule has 1 aliphatic carbocycles. The van der Waals surface area contributed by atoms with E-state index >= 15 is 0 Å². The Labute approximate surface area is 147 Å². The predicted molar refractivity (Wildman–Crippen MR) is 84.1 cm³/mol. The van der Waals surface area contributed by atoms with E-state index in [-0.39, 0.29) is 17.6 Å². The molecule has 1 aromatic rings. The minimum atomic E-state index is -1.78. The minimum absolute atomic E-state index is 0.0144. The molecule has 0 aliphatic heterocycles. The van der Waals surface area contributed by atoms with E-state index in [1.165, 1.54) is 6.42 Å². The lowest BCUT2D eigenvalue weighted by molar-refractivity contribution is 0.425. The molecule has 0 atom stereocenters. The first-order valence-corrected chi connectivity index (χ1v) is 8.35. The average molecular weight is 398 g/mol. The Morgan fingerprint density at radius 3 is 1.55 bits per heavy atom. The van der Waals surface area contributed by atoms with Crippen molar-refractivity contribution in [3.63, 3.8) is 0 Å². The highest BCUT2D eigenvalue weighted by Crippen LogP contribution is 2.41. The lowest BCUT2D eigenvalue weighted by Gasteiger charge is -2.22. The summed E-state index contributed by atoms with van der Waals surface area (Å²) in [6.07, 6.45) is 5.38. The average Bonchev–Trinajstić information content (AvgIpc) is 2.37. The minimum Gasteiger partial charge on any atom is -0.213 e. The molecule has 1 aliphatic rings. The van der Waals surface area contributed by atoms with E-state index in [1.807, 2.05) is 0 Å². The number of hydrogen-bond acceptors (Lipinski definition) is 3. The molecule has 0 spiro atoms. The highest BCUT2D eigenvalue weighted by atomic mass is 35.6. The highest BCUT2D eigenvalue weighted by molar-refractivity contribution is 6.67. The number of rotatable bonds is 1. The molecule has 1 saturated carbocycles. The summed E-state index contributed by atoms with van der Waals surface area (Å²) in [5.74, 6) is 0.685. The standard InChI is InChI=1S/C11H11Cl6N3/c12-10(13,14)8-18-7(6-4-2-1-3-5-6)19-9(20-8)11(15,16)17/h6H,1-5H2. The van der Waals surface area contributed by atoms with E-state index in [9.17, 15) is 0 Å². The Morgan fingerprint density at radius 1 is 0.700 bits per heavy atom. The van der Waals surface area contributed by atoms with Crippen LogP contribution in [0.2, 0.25) is 0 Å². The molecule has 0 amide bonds. The Kier molecular flexibility index (Phi) is 5.54. The van der Waals surface area contributed by atoms with E-state index in [1.54, 1.807) is 0 Å². The summed E-state index contributed by atoms with van der Waals surface area (Å²) in [6, 6.07) is 0. The molecule has 0 radical (unpaired) electrons. The Balaban J connectivity index is 2.45. The summed E-state index contributed by atoms with van der Waals surface area (Å²) < 4.78 is -3.56. The van der Waals surface area contributed by atoms with Crippen LogP contribution in [0.25, 0.3) is 0 Å². The van der Waals surface area contributed by atoms with Crippen molar-refractivity contribution in [2.75, 3.05) is 0 Å². The smallest absolute Gasteiger partial charge is 0.213 e. The van der Waals surface area contributed by atoms with Gasteiger partial charge in [0.15, 0.2) is 11.6 Å². The van der Waals surface area contributed by atoms with Gasteiger partial charge in [0.2, 0.25) is 7.59 Å².